The maximum absolute atomic E-state index is 5.93. The lowest BCUT2D eigenvalue weighted by molar-refractivity contribution is -0.00501. The molecule has 2 rings (SSSR count). The molecule has 1 heterocycles. The van der Waals surface area contributed by atoms with Crippen molar-refractivity contribution in [2.75, 3.05) is 47.0 Å². The summed E-state index contributed by atoms with van der Waals surface area (Å²) in [5.74, 6) is 1.79. The van der Waals surface area contributed by atoms with Gasteiger partial charge in [0.2, 0.25) is 0 Å². The van der Waals surface area contributed by atoms with Crippen LogP contribution in [-0.2, 0) is 11.3 Å². The summed E-state index contributed by atoms with van der Waals surface area (Å²) in [7, 11) is 4.31. The molecule has 1 aliphatic heterocycles. The van der Waals surface area contributed by atoms with Crippen molar-refractivity contribution in [3.05, 3.63) is 29.3 Å². The van der Waals surface area contributed by atoms with Crippen LogP contribution in [-0.4, -0.2) is 63.4 Å². The molecule has 1 saturated heterocycles. The first kappa shape index (κ1) is 22.5. The molecule has 28 heavy (non-hydrogen) atoms. The van der Waals surface area contributed by atoms with Gasteiger partial charge in [0, 0.05) is 37.4 Å². The predicted molar refractivity (Wildman–Crippen MR) is 116 cm³/mol. The quantitative estimate of drug-likeness (QED) is 0.501. The second kappa shape index (κ2) is 11.3. The molecule has 0 bridgehead atoms. The minimum absolute atomic E-state index is 0.105. The number of rotatable bonds is 9. The largest absolute Gasteiger partial charge is 0.493 e. The van der Waals surface area contributed by atoms with Crippen molar-refractivity contribution in [3.63, 3.8) is 0 Å². The van der Waals surface area contributed by atoms with Crippen LogP contribution in [0.5, 0.6) is 5.75 Å². The summed E-state index contributed by atoms with van der Waals surface area (Å²) in [4.78, 5) is 7.14. The Hall–Kier alpha value is -1.79. The normalized spacial score (nSPS) is 16.9. The monoisotopic (exact) mass is 390 g/mol. The van der Waals surface area contributed by atoms with Crippen LogP contribution in [0.3, 0.4) is 0 Å². The Morgan fingerprint density at radius 1 is 1.21 bits per heavy atom. The molecule has 6 nitrogen and oxygen atoms in total. The van der Waals surface area contributed by atoms with Gasteiger partial charge in [-0.1, -0.05) is 19.1 Å². The molecule has 2 N–H and O–H groups in total. The Morgan fingerprint density at radius 2 is 1.96 bits per heavy atom. The van der Waals surface area contributed by atoms with Crippen LogP contribution in [0.4, 0.5) is 0 Å². The van der Waals surface area contributed by atoms with E-state index >= 15 is 0 Å². The van der Waals surface area contributed by atoms with Crippen molar-refractivity contribution in [1.82, 2.24) is 15.5 Å². The fourth-order valence-electron chi connectivity index (χ4n) is 3.43. The Labute approximate surface area is 170 Å². The van der Waals surface area contributed by atoms with Gasteiger partial charge in [0.05, 0.1) is 13.2 Å². The van der Waals surface area contributed by atoms with E-state index in [-0.39, 0.29) is 5.54 Å². The van der Waals surface area contributed by atoms with Gasteiger partial charge in [-0.25, -0.2) is 4.99 Å². The molecule has 0 unspecified atom stereocenters. The minimum atomic E-state index is 0.105. The van der Waals surface area contributed by atoms with Crippen LogP contribution in [0.2, 0.25) is 0 Å². The topological polar surface area (TPSA) is 58.1 Å². The summed E-state index contributed by atoms with van der Waals surface area (Å²) in [6.45, 7) is 10.9. The third-order valence-electron chi connectivity index (χ3n) is 5.39. The fraction of sp³-hybridized carbons (Fsp3) is 0.682. The van der Waals surface area contributed by atoms with Gasteiger partial charge in [0.25, 0.3) is 0 Å². The molecule has 0 aromatic heterocycles. The number of nitrogens with zero attached hydrogens (tertiary/aromatic N) is 2. The highest BCUT2D eigenvalue weighted by Crippen LogP contribution is 2.25. The van der Waals surface area contributed by atoms with Gasteiger partial charge in [-0.05, 0) is 58.8 Å². The van der Waals surface area contributed by atoms with Gasteiger partial charge < -0.3 is 25.0 Å². The van der Waals surface area contributed by atoms with Crippen molar-refractivity contribution >= 4 is 5.96 Å². The van der Waals surface area contributed by atoms with Crippen molar-refractivity contribution in [2.45, 2.75) is 52.1 Å². The first-order chi connectivity index (χ1) is 13.5. The standard InChI is InChI=1S/C22H38N4O2/c1-6-12-28-20-15-18(3)8-9-19(20)16-24-21(23-7-2)25-17-22(26(4)5)10-13-27-14-11-22/h8-9,15H,6-7,10-14,16-17H2,1-5H3,(H2,23,24,25). The zero-order valence-corrected chi connectivity index (χ0v) is 18.3. The lowest BCUT2D eigenvalue weighted by Gasteiger charge is -2.43. The Morgan fingerprint density at radius 3 is 2.61 bits per heavy atom. The summed E-state index contributed by atoms with van der Waals surface area (Å²) in [6.07, 6.45) is 3.05. The number of hydrogen-bond acceptors (Lipinski definition) is 4. The molecule has 0 atom stereocenters. The number of aryl methyl sites for hydroxylation is 1. The van der Waals surface area contributed by atoms with E-state index in [0.29, 0.717) is 6.54 Å². The Balaban J connectivity index is 2.08. The van der Waals surface area contributed by atoms with E-state index in [9.17, 15) is 0 Å². The van der Waals surface area contributed by atoms with Gasteiger partial charge in [-0.15, -0.1) is 0 Å². The van der Waals surface area contributed by atoms with E-state index in [4.69, 9.17) is 14.5 Å². The average Bonchev–Trinajstić information content (AvgIpc) is 2.70. The molecular weight excluding hydrogens is 352 g/mol. The highest BCUT2D eigenvalue weighted by molar-refractivity contribution is 5.79. The number of benzene rings is 1. The molecule has 6 heteroatoms. The second-order valence-corrected chi connectivity index (χ2v) is 7.74. The van der Waals surface area contributed by atoms with E-state index < -0.39 is 0 Å². The number of guanidine groups is 1. The van der Waals surface area contributed by atoms with Gasteiger partial charge in [0.1, 0.15) is 5.75 Å². The summed E-state index contributed by atoms with van der Waals surface area (Å²) < 4.78 is 11.5. The molecule has 0 saturated carbocycles. The maximum Gasteiger partial charge on any atom is 0.191 e. The minimum Gasteiger partial charge on any atom is -0.493 e. The lowest BCUT2D eigenvalue weighted by Crippen LogP contribution is -2.57. The van der Waals surface area contributed by atoms with Crippen LogP contribution >= 0.6 is 0 Å². The lowest BCUT2D eigenvalue weighted by atomic mass is 9.88. The van der Waals surface area contributed by atoms with E-state index in [1.165, 1.54) is 5.56 Å². The van der Waals surface area contributed by atoms with Gasteiger partial charge in [-0.3, -0.25) is 0 Å². The van der Waals surface area contributed by atoms with Crippen LogP contribution in [0.1, 0.15) is 44.2 Å². The van der Waals surface area contributed by atoms with Crippen molar-refractivity contribution in [2.24, 2.45) is 4.99 Å². The molecule has 1 aromatic carbocycles. The first-order valence-corrected chi connectivity index (χ1v) is 10.5. The summed E-state index contributed by atoms with van der Waals surface area (Å²) >= 11 is 0. The van der Waals surface area contributed by atoms with Gasteiger partial charge in [-0.2, -0.15) is 0 Å². The number of aliphatic imine (C=N–C) groups is 1. The highest BCUT2D eigenvalue weighted by atomic mass is 16.5. The van der Waals surface area contributed by atoms with Crippen molar-refractivity contribution in [3.8, 4) is 5.75 Å². The Kier molecular flexibility index (Phi) is 9.06. The number of ether oxygens (including phenoxy) is 2. The number of nitrogens with one attached hydrogen (secondary N) is 2. The third-order valence-corrected chi connectivity index (χ3v) is 5.39. The molecular formula is C22H38N4O2. The Bertz CT molecular complexity index is 625. The smallest absolute Gasteiger partial charge is 0.191 e. The van der Waals surface area contributed by atoms with Crippen LogP contribution in [0.25, 0.3) is 0 Å². The van der Waals surface area contributed by atoms with E-state index in [1.54, 1.807) is 0 Å². The molecule has 1 fully saturated rings. The number of likely N-dealkylation sites (N-methyl/N-ethyl adjacent to an activating group) is 1. The molecule has 0 radical (unpaired) electrons. The van der Waals surface area contributed by atoms with Crippen molar-refractivity contribution < 1.29 is 9.47 Å². The molecule has 158 valence electrons. The van der Waals surface area contributed by atoms with E-state index in [0.717, 1.165) is 69.4 Å². The third kappa shape index (κ3) is 6.38. The predicted octanol–water partition coefficient (Wildman–Crippen LogP) is 2.95. The molecule has 0 aliphatic carbocycles. The SMILES string of the molecule is CCCOc1cc(C)ccc1CN=C(NCC)NCC1(N(C)C)CCOCC1. The molecule has 1 aromatic rings. The highest BCUT2D eigenvalue weighted by Gasteiger charge is 2.34. The summed E-state index contributed by atoms with van der Waals surface area (Å²) in [5, 5.41) is 6.93. The average molecular weight is 391 g/mol. The van der Waals surface area contributed by atoms with Crippen LogP contribution < -0.4 is 15.4 Å². The van der Waals surface area contributed by atoms with Gasteiger partial charge >= 0.3 is 0 Å². The zero-order chi connectivity index (χ0) is 20.4. The zero-order valence-electron chi connectivity index (χ0n) is 18.3. The first-order valence-electron chi connectivity index (χ1n) is 10.5. The van der Waals surface area contributed by atoms with Crippen molar-refractivity contribution in [1.29, 1.82) is 0 Å². The van der Waals surface area contributed by atoms with Crippen LogP contribution in [0.15, 0.2) is 23.2 Å². The van der Waals surface area contributed by atoms with E-state index in [1.807, 2.05) is 0 Å². The van der Waals surface area contributed by atoms with E-state index in [2.05, 4.69) is 68.6 Å². The fourth-order valence-corrected chi connectivity index (χ4v) is 3.43. The molecule has 1 aliphatic rings. The molecule has 0 amide bonds. The van der Waals surface area contributed by atoms with Gasteiger partial charge in [0.15, 0.2) is 5.96 Å². The summed E-state index contributed by atoms with van der Waals surface area (Å²) in [5.41, 5.74) is 2.43. The summed E-state index contributed by atoms with van der Waals surface area (Å²) in [6, 6.07) is 6.34. The number of hydrogen-bond donors (Lipinski definition) is 2. The maximum atomic E-state index is 5.93. The molecule has 0 spiro atoms. The van der Waals surface area contributed by atoms with Crippen LogP contribution in [0, 0.1) is 6.92 Å². The second-order valence-electron chi connectivity index (χ2n) is 7.74.